The number of rotatable bonds is 7. The minimum Gasteiger partial charge on any atom is -0.309 e. The van der Waals surface area contributed by atoms with Crippen LogP contribution < -0.4 is 4.90 Å². The van der Waals surface area contributed by atoms with Crippen LogP contribution in [0.3, 0.4) is 0 Å². The Kier molecular flexibility index (Phi) is 6.94. The van der Waals surface area contributed by atoms with E-state index in [-0.39, 0.29) is 5.91 Å². The van der Waals surface area contributed by atoms with Crippen molar-refractivity contribution in [3.63, 3.8) is 0 Å². The van der Waals surface area contributed by atoms with Gasteiger partial charge in [-0.3, -0.25) is 9.69 Å². The molecule has 0 aliphatic carbocycles. The van der Waals surface area contributed by atoms with E-state index in [0.29, 0.717) is 13.0 Å². The Balaban J connectivity index is 1.94. The van der Waals surface area contributed by atoms with Crippen LogP contribution >= 0.6 is 11.3 Å². The normalized spacial score (nSPS) is 11.5. The van der Waals surface area contributed by atoms with Crippen molar-refractivity contribution in [1.82, 2.24) is 9.88 Å². The third-order valence-electron chi connectivity index (χ3n) is 5.50. The zero-order chi connectivity index (χ0) is 22.0. The molecule has 0 bridgehead atoms. The highest BCUT2D eigenvalue weighted by atomic mass is 32.1. The van der Waals surface area contributed by atoms with Crippen LogP contribution in [0.15, 0.2) is 24.3 Å². The molecule has 0 N–H and O–H groups in total. The summed E-state index contributed by atoms with van der Waals surface area (Å²) in [6.07, 6.45) is 1.33. The third kappa shape index (κ3) is 5.08. The first-order chi connectivity index (χ1) is 14.2. The van der Waals surface area contributed by atoms with Gasteiger partial charge in [-0.2, -0.15) is 0 Å². The summed E-state index contributed by atoms with van der Waals surface area (Å²) in [5.41, 5.74) is 8.15. The average molecular weight is 424 g/mol. The van der Waals surface area contributed by atoms with E-state index in [2.05, 4.69) is 77.9 Å². The highest BCUT2D eigenvalue weighted by Crippen LogP contribution is 2.33. The van der Waals surface area contributed by atoms with E-state index in [4.69, 9.17) is 4.98 Å². The van der Waals surface area contributed by atoms with Crippen LogP contribution in [0.25, 0.3) is 10.2 Å². The number of benzene rings is 2. The Morgan fingerprint density at radius 1 is 0.900 bits per heavy atom. The number of fused-ring (bicyclic) bond motifs is 1. The molecule has 5 heteroatoms. The average Bonchev–Trinajstić information content (AvgIpc) is 3.05. The first kappa shape index (κ1) is 22.4. The summed E-state index contributed by atoms with van der Waals surface area (Å²) in [5, 5.41) is 0.810. The largest absolute Gasteiger partial charge is 0.309 e. The summed E-state index contributed by atoms with van der Waals surface area (Å²) in [6.45, 7) is 12.1. The van der Waals surface area contributed by atoms with Crippen LogP contribution in [-0.4, -0.2) is 43.0 Å². The highest BCUT2D eigenvalue weighted by molar-refractivity contribution is 7.22. The van der Waals surface area contributed by atoms with E-state index in [0.717, 1.165) is 29.2 Å². The van der Waals surface area contributed by atoms with Gasteiger partial charge in [-0.15, -0.1) is 0 Å². The predicted molar refractivity (Wildman–Crippen MR) is 129 cm³/mol. The number of aromatic nitrogens is 1. The summed E-state index contributed by atoms with van der Waals surface area (Å²) in [7, 11) is 4.13. The number of carbonyl (C=O) groups is 1. The highest BCUT2D eigenvalue weighted by Gasteiger charge is 2.22. The molecule has 160 valence electrons. The molecule has 1 aromatic heterocycles. The van der Waals surface area contributed by atoms with Crippen molar-refractivity contribution in [1.29, 1.82) is 0 Å². The maximum Gasteiger partial charge on any atom is 0.233 e. The van der Waals surface area contributed by atoms with E-state index in [1.165, 1.54) is 32.5 Å². The molecule has 0 saturated carbocycles. The first-order valence-corrected chi connectivity index (χ1v) is 11.4. The molecule has 0 saturated heterocycles. The van der Waals surface area contributed by atoms with Crippen molar-refractivity contribution < 1.29 is 4.79 Å². The molecule has 0 aliphatic rings. The number of hydrogen-bond acceptors (Lipinski definition) is 4. The van der Waals surface area contributed by atoms with Gasteiger partial charge in [0.05, 0.1) is 16.6 Å². The van der Waals surface area contributed by atoms with Gasteiger partial charge in [0.15, 0.2) is 5.13 Å². The second-order valence-corrected chi connectivity index (χ2v) is 9.66. The fraction of sp³-hybridized carbons (Fsp3) is 0.440. The molecule has 1 amide bonds. The molecule has 4 nitrogen and oxygen atoms in total. The van der Waals surface area contributed by atoms with Gasteiger partial charge in [-0.05, 0) is 95.6 Å². The number of thiazole rings is 1. The lowest BCUT2D eigenvalue weighted by molar-refractivity contribution is -0.118. The lowest BCUT2D eigenvalue weighted by Gasteiger charge is -2.22. The smallest absolute Gasteiger partial charge is 0.233 e. The quantitative estimate of drug-likeness (QED) is 0.513. The number of carbonyl (C=O) groups excluding carboxylic acids is 1. The molecule has 1 heterocycles. The van der Waals surface area contributed by atoms with Crippen LogP contribution in [0, 0.1) is 34.6 Å². The van der Waals surface area contributed by atoms with Crippen LogP contribution in [0.5, 0.6) is 0 Å². The number of amides is 1. The molecule has 30 heavy (non-hydrogen) atoms. The molecule has 3 aromatic rings. The number of anilines is 1. The molecule has 3 rings (SSSR count). The summed E-state index contributed by atoms with van der Waals surface area (Å²) in [4.78, 5) is 22.4. The van der Waals surface area contributed by atoms with Crippen molar-refractivity contribution in [3.8, 4) is 0 Å². The van der Waals surface area contributed by atoms with E-state index in [1.807, 2.05) is 4.90 Å². The number of hydrogen-bond donors (Lipinski definition) is 0. The molecular weight excluding hydrogens is 390 g/mol. The van der Waals surface area contributed by atoms with Crippen molar-refractivity contribution in [2.24, 2.45) is 0 Å². The van der Waals surface area contributed by atoms with Crippen molar-refractivity contribution >= 4 is 32.6 Å². The van der Waals surface area contributed by atoms with Gasteiger partial charge in [-0.25, -0.2) is 4.98 Å². The van der Waals surface area contributed by atoms with E-state index in [1.54, 1.807) is 11.3 Å². The van der Waals surface area contributed by atoms with Gasteiger partial charge < -0.3 is 4.90 Å². The van der Waals surface area contributed by atoms with Gasteiger partial charge >= 0.3 is 0 Å². The fourth-order valence-electron chi connectivity index (χ4n) is 4.09. The minimum absolute atomic E-state index is 0.122. The van der Waals surface area contributed by atoms with Gasteiger partial charge in [0, 0.05) is 6.54 Å². The van der Waals surface area contributed by atoms with Crippen LogP contribution in [0.2, 0.25) is 0 Å². The molecule has 0 aliphatic heterocycles. The first-order valence-electron chi connectivity index (χ1n) is 10.6. The standard InChI is InChI=1S/C25H33N3OS/c1-16-11-18(3)21(19(4)12-16)15-23(29)28(10-8-9-27(6)7)25-26-22-14-17(2)13-20(5)24(22)30-25/h11-14H,8-10,15H2,1-7H3. The molecule has 0 radical (unpaired) electrons. The molecular formula is C25H33N3OS. The van der Waals surface area contributed by atoms with E-state index in [9.17, 15) is 4.79 Å². The summed E-state index contributed by atoms with van der Waals surface area (Å²) < 4.78 is 1.17. The monoisotopic (exact) mass is 423 g/mol. The Hall–Kier alpha value is -2.24. The molecule has 0 fully saturated rings. The predicted octanol–water partition coefficient (Wildman–Crippen LogP) is 5.37. The second kappa shape index (κ2) is 9.27. The van der Waals surface area contributed by atoms with Crippen LogP contribution in [-0.2, 0) is 11.2 Å². The fourth-order valence-corrected chi connectivity index (χ4v) is 5.15. The van der Waals surface area contributed by atoms with Crippen molar-refractivity contribution in [3.05, 3.63) is 57.6 Å². The Bertz CT molecular complexity index is 1040. The molecule has 0 atom stereocenters. The number of aryl methyl sites for hydroxylation is 5. The zero-order valence-corrected chi connectivity index (χ0v) is 20.1. The van der Waals surface area contributed by atoms with Gasteiger partial charge in [-0.1, -0.05) is 35.1 Å². The number of nitrogens with zero attached hydrogens (tertiary/aromatic N) is 3. The lowest BCUT2D eigenvalue weighted by Crippen LogP contribution is -2.34. The molecule has 2 aromatic carbocycles. The molecule has 0 unspecified atom stereocenters. The van der Waals surface area contributed by atoms with Crippen LogP contribution in [0.4, 0.5) is 5.13 Å². The molecule has 0 spiro atoms. The van der Waals surface area contributed by atoms with Gasteiger partial charge in [0.2, 0.25) is 5.91 Å². The summed E-state index contributed by atoms with van der Waals surface area (Å²) in [5.74, 6) is 0.122. The van der Waals surface area contributed by atoms with E-state index >= 15 is 0 Å². The zero-order valence-electron chi connectivity index (χ0n) is 19.3. The topological polar surface area (TPSA) is 36.4 Å². The van der Waals surface area contributed by atoms with Crippen LogP contribution in [0.1, 0.15) is 39.8 Å². The van der Waals surface area contributed by atoms with Gasteiger partial charge in [0.1, 0.15) is 0 Å². The van der Waals surface area contributed by atoms with E-state index < -0.39 is 0 Å². The SMILES string of the molecule is Cc1cc(C)c(CC(=O)N(CCCN(C)C)c2nc3cc(C)cc(C)c3s2)c(C)c1. The Morgan fingerprint density at radius 3 is 2.13 bits per heavy atom. The van der Waals surface area contributed by atoms with Crippen molar-refractivity contribution in [2.75, 3.05) is 32.1 Å². The van der Waals surface area contributed by atoms with Gasteiger partial charge in [0.25, 0.3) is 0 Å². The Labute approximate surface area is 184 Å². The van der Waals surface area contributed by atoms with Crippen molar-refractivity contribution in [2.45, 2.75) is 47.5 Å². The summed E-state index contributed by atoms with van der Waals surface area (Å²) >= 11 is 1.63. The lowest BCUT2D eigenvalue weighted by atomic mass is 9.97. The second-order valence-electron chi connectivity index (χ2n) is 8.68. The minimum atomic E-state index is 0.122. The maximum absolute atomic E-state index is 13.5. The Morgan fingerprint density at radius 2 is 1.50 bits per heavy atom. The maximum atomic E-state index is 13.5. The third-order valence-corrected chi connectivity index (χ3v) is 6.73. The summed E-state index contributed by atoms with van der Waals surface area (Å²) in [6, 6.07) is 8.62.